The van der Waals surface area contributed by atoms with Crippen molar-refractivity contribution in [3.63, 3.8) is 0 Å². The molecule has 1 fully saturated rings. The summed E-state index contributed by atoms with van der Waals surface area (Å²) >= 11 is 3.39. The lowest BCUT2D eigenvalue weighted by Crippen LogP contribution is -2.36. The number of rotatable bonds is 5. The average Bonchev–Trinajstić information content (AvgIpc) is 3.07. The lowest BCUT2D eigenvalue weighted by atomic mass is 9.87. The molecule has 1 N–H and O–H groups in total. The van der Waals surface area contributed by atoms with E-state index in [-0.39, 0.29) is 17.7 Å². The smallest absolute Gasteiger partial charge is 0.224 e. The van der Waals surface area contributed by atoms with Crippen LogP contribution in [-0.2, 0) is 16.6 Å². The Bertz CT molecular complexity index is 821. The van der Waals surface area contributed by atoms with Gasteiger partial charge >= 0.3 is 0 Å². The van der Waals surface area contributed by atoms with Gasteiger partial charge < -0.3 is 5.32 Å². The second kappa shape index (κ2) is 6.52. The highest BCUT2D eigenvalue weighted by molar-refractivity contribution is 9.10. The quantitative estimate of drug-likeness (QED) is 0.760. The van der Waals surface area contributed by atoms with E-state index in [4.69, 9.17) is 0 Å². The molecule has 1 aliphatic carbocycles. The third-order valence-electron chi connectivity index (χ3n) is 5.20. The molecule has 1 unspecified atom stereocenters. The third-order valence-corrected chi connectivity index (χ3v) is 5.70. The molecule has 3 rings (SSSR count). The molecule has 25 heavy (non-hydrogen) atoms. The van der Waals surface area contributed by atoms with Crippen molar-refractivity contribution >= 4 is 21.8 Å². The fourth-order valence-corrected chi connectivity index (χ4v) is 4.04. The SMILES string of the molecule is CC1(C)CC1(CNC(=O)Cc1cccc(Br)c1)c1ccc(F)cc1F. The lowest BCUT2D eigenvalue weighted by molar-refractivity contribution is -0.120. The first-order chi connectivity index (χ1) is 11.7. The molecule has 1 saturated carbocycles. The Morgan fingerprint density at radius 3 is 2.52 bits per heavy atom. The van der Waals surface area contributed by atoms with E-state index in [1.807, 2.05) is 38.1 Å². The van der Waals surface area contributed by atoms with Crippen LogP contribution in [0.25, 0.3) is 0 Å². The first-order valence-electron chi connectivity index (χ1n) is 8.20. The van der Waals surface area contributed by atoms with Gasteiger partial charge in [-0.3, -0.25) is 4.79 Å². The summed E-state index contributed by atoms with van der Waals surface area (Å²) in [7, 11) is 0. The normalized spacial score (nSPS) is 21.0. The molecular weight excluding hydrogens is 388 g/mol. The van der Waals surface area contributed by atoms with Gasteiger partial charge in [0.25, 0.3) is 0 Å². The number of hydrogen-bond donors (Lipinski definition) is 1. The van der Waals surface area contributed by atoms with Crippen LogP contribution in [-0.4, -0.2) is 12.5 Å². The Morgan fingerprint density at radius 1 is 1.20 bits per heavy atom. The molecule has 0 saturated heterocycles. The highest BCUT2D eigenvalue weighted by atomic mass is 79.9. The van der Waals surface area contributed by atoms with Gasteiger partial charge in [0.1, 0.15) is 11.6 Å². The largest absolute Gasteiger partial charge is 0.355 e. The lowest BCUT2D eigenvalue weighted by Gasteiger charge is -2.22. The monoisotopic (exact) mass is 407 g/mol. The Balaban J connectivity index is 1.72. The summed E-state index contributed by atoms with van der Waals surface area (Å²) in [6.45, 7) is 4.42. The molecule has 2 aromatic carbocycles. The molecule has 5 heteroatoms. The molecule has 0 aromatic heterocycles. The number of carbonyl (C=O) groups is 1. The van der Waals surface area contributed by atoms with Gasteiger partial charge in [0.05, 0.1) is 6.42 Å². The molecule has 1 aliphatic rings. The molecule has 0 spiro atoms. The number of benzene rings is 2. The Hall–Kier alpha value is -1.75. The minimum atomic E-state index is -0.589. The maximum atomic E-state index is 14.3. The minimum absolute atomic E-state index is 0.109. The Labute approximate surface area is 154 Å². The van der Waals surface area contributed by atoms with E-state index in [9.17, 15) is 13.6 Å². The highest BCUT2D eigenvalue weighted by Gasteiger charge is 2.62. The van der Waals surface area contributed by atoms with Crippen molar-refractivity contribution in [1.29, 1.82) is 0 Å². The minimum Gasteiger partial charge on any atom is -0.355 e. The molecule has 1 atom stereocenters. The Morgan fingerprint density at radius 2 is 1.92 bits per heavy atom. The van der Waals surface area contributed by atoms with Crippen LogP contribution in [0.2, 0.25) is 0 Å². The van der Waals surface area contributed by atoms with E-state index in [1.165, 1.54) is 12.1 Å². The topological polar surface area (TPSA) is 29.1 Å². The predicted molar refractivity (Wildman–Crippen MR) is 97.3 cm³/mol. The number of hydrogen-bond acceptors (Lipinski definition) is 1. The van der Waals surface area contributed by atoms with Crippen molar-refractivity contribution in [1.82, 2.24) is 5.32 Å². The summed E-state index contributed by atoms with van der Waals surface area (Å²) < 4.78 is 28.4. The van der Waals surface area contributed by atoms with Crippen LogP contribution in [0.3, 0.4) is 0 Å². The number of nitrogens with one attached hydrogen (secondary N) is 1. The maximum Gasteiger partial charge on any atom is 0.224 e. The van der Waals surface area contributed by atoms with Crippen molar-refractivity contribution in [3.05, 3.63) is 69.7 Å². The van der Waals surface area contributed by atoms with Gasteiger partial charge in [-0.1, -0.05) is 48.0 Å². The standard InChI is InChI=1S/C20H20BrF2NO/c1-19(2)11-20(19,16-7-6-15(22)10-17(16)23)12-24-18(25)9-13-4-3-5-14(21)8-13/h3-8,10H,9,11-12H2,1-2H3,(H,24,25). The molecule has 0 radical (unpaired) electrons. The fourth-order valence-electron chi connectivity index (χ4n) is 3.59. The molecule has 1 amide bonds. The van der Waals surface area contributed by atoms with Crippen LogP contribution < -0.4 is 5.32 Å². The predicted octanol–water partition coefficient (Wildman–Crippen LogP) is 4.75. The van der Waals surface area contributed by atoms with E-state index in [0.717, 1.165) is 22.5 Å². The molecule has 2 nitrogen and oxygen atoms in total. The van der Waals surface area contributed by atoms with Crippen molar-refractivity contribution in [2.24, 2.45) is 5.41 Å². The van der Waals surface area contributed by atoms with Gasteiger partial charge in [-0.2, -0.15) is 0 Å². The van der Waals surface area contributed by atoms with Crippen molar-refractivity contribution in [3.8, 4) is 0 Å². The molecule has 0 bridgehead atoms. The van der Waals surface area contributed by atoms with E-state index < -0.39 is 17.0 Å². The summed E-state index contributed by atoms with van der Waals surface area (Å²) in [6, 6.07) is 11.3. The molecule has 0 aliphatic heterocycles. The van der Waals surface area contributed by atoms with Gasteiger partial charge in [-0.25, -0.2) is 8.78 Å². The van der Waals surface area contributed by atoms with Crippen LogP contribution in [0.1, 0.15) is 31.4 Å². The zero-order chi connectivity index (χ0) is 18.2. The summed E-state index contributed by atoms with van der Waals surface area (Å²) in [5, 5.41) is 2.93. The van der Waals surface area contributed by atoms with Crippen molar-refractivity contribution < 1.29 is 13.6 Å². The third kappa shape index (κ3) is 3.61. The second-order valence-electron chi connectivity index (χ2n) is 7.35. The Kier molecular flexibility index (Phi) is 4.71. The number of amides is 1. The van der Waals surface area contributed by atoms with Gasteiger partial charge in [-0.15, -0.1) is 0 Å². The highest BCUT2D eigenvalue weighted by Crippen LogP contribution is 2.64. The van der Waals surface area contributed by atoms with Crippen LogP contribution in [0, 0.1) is 17.0 Å². The van der Waals surface area contributed by atoms with Crippen LogP contribution in [0.4, 0.5) is 8.78 Å². The first kappa shape index (κ1) is 18.1. The molecular formula is C20H20BrF2NO. The van der Waals surface area contributed by atoms with Crippen LogP contribution >= 0.6 is 15.9 Å². The summed E-state index contributed by atoms with van der Waals surface area (Å²) in [5.41, 5.74) is 0.748. The zero-order valence-corrected chi connectivity index (χ0v) is 15.8. The van der Waals surface area contributed by atoms with Gasteiger partial charge in [0.2, 0.25) is 5.91 Å². The number of carbonyl (C=O) groups excluding carboxylic acids is 1. The molecule has 132 valence electrons. The summed E-state index contributed by atoms with van der Waals surface area (Å²) in [4.78, 5) is 12.3. The van der Waals surface area contributed by atoms with E-state index in [1.54, 1.807) is 0 Å². The van der Waals surface area contributed by atoms with Crippen molar-refractivity contribution in [2.75, 3.05) is 6.54 Å². The average molecular weight is 408 g/mol. The number of halogens is 3. The van der Waals surface area contributed by atoms with Gasteiger partial charge in [-0.05, 0) is 41.2 Å². The van der Waals surface area contributed by atoms with Crippen LogP contribution in [0.15, 0.2) is 46.9 Å². The van der Waals surface area contributed by atoms with Gasteiger partial charge in [0.15, 0.2) is 0 Å². The van der Waals surface area contributed by atoms with E-state index in [0.29, 0.717) is 12.1 Å². The summed E-state index contributed by atoms with van der Waals surface area (Å²) in [5.74, 6) is -1.25. The van der Waals surface area contributed by atoms with E-state index in [2.05, 4.69) is 21.2 Å². The summed E-state index contributed by atoms with van der Waals surface area (Å²) in [6.07, 6.45) is 1.02. The van der Waals surface area contributed by atoms with E-state index >= 15 is 0 Å². The zero-order valence-electron chi connectivity index (χ0n) is 14.2. The van der Waals surface area contributed by atoms with Crippen LogP contribution in [0.5, 0.6) is 0 Å². The molecule has 0 heterocycles. The fraction of sp³-hybridized carbons (Fsp3) is 0.350. The molecule has 2 aromatic rings. The second-order valence-corrected chi connectivity index (χ2v) is 8.27. The first-order valence-corrected chi connectivity index (χ1v) is 8.99. The van der Waals surface area contributed by atoms with Crippen molar-refractivity contribution in [2.45, 2.75) is 32.1 Å². The maximum absolute atomic E-state index is 14.3. The van der Waals surface area contributed by atoms with Gasteiger partial charge in [0, 0.05) is 22.5 Å².